The molecule has 0 atom stereocenters. The molecule has 0 heterocycles. The molecule has 0 aliphatic rings. The minimum atomic E-state index is -3.16. The van der Waals surface area contributed by atoms with Crippen molar-refractivity contribution in [3.8, 4) is 0 Å². The van der Waals surface area contributed by atoms with Crippen LogP contribution in [0.1, 0.15) is 13.3 Å². The summed E-state index contributed by atoms with van der Waals surface area (Å²) >= 11 is 3.26. The van der Waals surface area contributed by atoms with Crippen LogP contribution in [0.3, 0.4) is 0 Å². The summed E-state index contributed by atoms with van der Waals surface area (Å²) < 4.78 is 24.6. The zero-order valence-corrected chi connectivity index (χ0v) is 11.6. The van der Waals surface area contributed by atoms with Crippen molar-refractivity contribution in [1.29, 1.82) is 0 Å². The number of hydrogen-bond donors (Lipinski definition) is 1. The van der Waals surface area contributed by atoms with E-state index in [1.165, 1.54) is 0 Å². The highest BCUT2D eigenvalue weighted by molar-refractivity contribution is 9.10. The average molecular weight is 306 g/mol. The third kappa shape index (κ3) is 3.88. The predicted molar refractivity (Wildman–Crippen MR) is 69.4 cm³/mol. The first-order chi connectivity index (χ1) is 7.58. The monoisotopic (exact) mass is 305 g/mol. The van der Waals surface area contributed by atoms with Crippen molar-refractivity contribution in [2.45, 2.75) is 18.2 Å². The van der Waals surface area contributed by atoms with E-state index < -0.39 is 9.84 Å². The lowest BCUT2D eigenvalue weighted by Crippen LogP contribution is -2.18. The molecule has 0 amide bonds. The van der Waals surface area contributed by atoms with Gasteiger partial charge in [-0.25, -0.2) is 8.42 Å². The van der Waals surface area contributed by atoms with Crippen molar-refractivity contribution >= 4 is 25.8 Å². The molecule has 1 N–H and O–H groups in total. The van der Waals surface area contributed by atoms with Crippen molar-refractivity contribution in [3.05, 3.63) is 28.7 Å². The zero-order chi connectivity index (χ0) is 12.0. The highest BCUT2D eigenvalue weighted by Crippen LogP contribution is 2.22. The molecule has 0 spiro atoms. The standard InChI is InChI=1S/C11H16BrNO2S/c1-2-13-8-5-9-16(14,15)11-7-4-3-6-10(11)12/h3-4,6-7,13H,2,5,8-9H2,1H3. The Morgan fingerprint density at radius 3 is 2.62 bits per heavy atom. The molecule has 0 saturated carbocycles. The Morgan fingerprint density at radius 2 is 2.00 bits per heavy atom. The van der Waals surface area contributed by atoms with Gasteiger partial charge in [-0.2, -0.15) is 0 Å². The summed E-state index contributed by atoms with van der Waals surface area (Å²) in [6.45, 7) is 3.61. The lowest BCUT2D eigenvalue weighted by molar-refractivity contribution is 0.589. The molecule has 0 aliphatic carbocycles. The maximum Gasteiger partial charge on any atom is 0.179 e. The number of sulfone groups is 1. The average Bonchev–Trinajstić information content (AvgIpc) is 2.25. The largest absolute Gasteiger partial charge is 0.317 e. The second kappa shape index (κ2) is 6.37. The maximum absolute atomic E-state index is 12.0. The zero-order valence-electron chi connectivity index (χ0n) is 9.24. The molecule has 0 bridgehead atoms. The molecule has 3 nitrogen and oxygen atoms in total. The van der Waals surface area contributed by atoms with E-state index in [0.29, 0.717) is 15.8 Å². The van der Waals surface area contributed by atoms with E-state index >= 15 is 0 Å². The molecular weight excluding hydrogens is 290 g/mol. The molecule has 0 radical (unpaired) electrons. The van der Waals surface area contributed by atoms with Crippen LogP contribution in [0.5, 0.6) is 0 Å². The van der Waals surface area contributed by atoms with Gasteiger partial charge in [0, 0.05) is 4.47 Å². The molecule has 90 valence electrons. The van der Waals surface area contributed by atoms with Gasteiger partial charge in [-0.3, -0.25) is 0 Å². The molecule has 1 rings (SSSR count). The van der Waals surface area contributed by atoms with E-state index in [0.717, 1.165) is 13.1 Å². The molecule has 0 fully saturated rings. The maximum atomic E-state index is 12.0. The van der Waals surface area contributed by atoms with Crippen LogP contribution in [0.25, 0.3) is 0 Å². The summed E-state index contributed by atoms with van der Waals surface area (Å²) in [6.07, 6.45) is 0.636. The third-order valence-electron chi connectivity index (χ3n) is 2.19. The number of rotatable bonds is 6. The lowest BCUT2D eigenvalue weighted by atomic mass is 10.4. The topological polar surface area (TPSA) is 46.2 Å². The summed E-state index contributed by atoms with van der Waals surface area (Å²) in [4.78, 5) is 0.381. The molecular formula is C11H16BrNO2S. The van der Waals surface area contributed by atoms with Crippen molar-refractivity contribution in [1.82, 2.24) is 5.32 Å². The van der Waals surface area contributed by atoms with Crippen LogP contribution in [0.4, 0.5) is 0 Å². The van der Waals surface area contributed by atoms with Gasteiger partial charge in [-0.05, 0) is 47.6 Å². The minimum Gasteiger partial charge on any atom is -0.317 e. The van der Waals surface area contributed by atoms with Crippen LogP contribution in [0.15, 0.2) is 33.6 Å². The van der Waals surface area contributed by atoms with Gasteiger partial charge in [0.25, 0.3) is 0 Å². The van der Waals surface area contributed by atoms with Gasteiger partial charge in [0.1, 0.15) is 0 Å². The van der Waals surface area contributed by atoms with Crippen LogP contribution in [0.2, 0.25) is 0 Å². The van der Waals surface area contributed by atoms with Crippen molar-refractivity contribution in [2.75, 3.05) is 18.8 Å². The quantitative estimate of drug-likeness (QED) is 0.820. The van der Waals surface area contributed by atoms with Crippen molar-refractivity contribution in [3.63, 3.8) is 0 Å². The van der Waals surface area contributed by atoms with Crippen LogP contribution < -0.4 is 5.32 Å². The van der Waals surface area contributed by atoms with Crippen molar-refractivity contribution in [2.24, 2.45) is 0 Å². The van der Waals surface area contributed by atoms with Gasteiger partial charge in [-0.15, -0.1) is 0 Å². The van der Waals surface area contributed by atoms with Gasteiger partial charge < -0.3 is 5.32 Å². The summed E-state index contributed by atoms with van der Waals surface area (Å²) in [6, 6.07) is 6.92. The normalized spacial score (nSPS) is 11.6. The summed E-state index contributed by atoms with van der Waals surface area (Å²) in [5.74, 6) is 0.183. The van der Waals surface area contributed by atoms with Crippen LogP contribution in [-0.4, -0.2) is 27.3 Å². The Bertz CT molecular complexity index is 431. The SMILES string of the molecule is CCNCCCS(=O)(=O)c1ccccc1Br. The van der Waals surface area contributed by atoms with Gasteiger partial charge in [0.05, 0.1) is 10.6 Å². The number of halogens is 1. The van der Waals surface area contributed by atoms with Gasteiger partial charge in [0.15, 0.2) is 9.84 Å². The number of nitrogens with one attached hydrogen (secondary N) is 1. The summed E-state index contributed by atoms with van der Waals surface area (Å²) in [5, 5.41) is 3.11. The molecule has 0 aliphatic heterocycles. The predicted octanol–water partition coefficient (Wildman–Crippen LogP) is 2.22. The Morgan fingerprint density at radius 1 is 1.31 bits per heavy atom. The smallest absolute Gasteiger partial charge is 0.179 e. The number of hydrogen-bond acceptors (Lipinski definition) is 3. The molecule has 1 aromatic carbocycles. The molecule has 0 saturated heterocycles. The first-order valence-electron chi connectivity index (χ1n) is 5.26. The van der Waals surface area contributed by atoms with E-state index in [-0.39, 0.29) is 5.75 Å². The fraction of sp³-hybridized carbons (Fsp3) is 0.455. The Kier molecular flexibility index (Phi) is 5.44. The molecule has 16 heavy (non-hydrogen) atoms. The third-order valence-corrected chi connectivity index (χ3v) is 4.99. The second-order valence-electron chi connectivity index (χ2n) is 3.46. The molecule has 1 aromatic rings. The van der Waals surface area contributed by atoms with Crippen molar-refractivity contribution < 1.29 is 8.42 Å². The highest BCUT2D eigenvalue weighted by atomic mass is 79.9. The Hall–Kier alpha value is -0.390. The molecule has 0 aromatic heterocycles. The van der Waals surface area contributed by atoms with E-state index in [2.05, 4.69) is 21.2 Å². The van der Waals surface area contributed by atoms with Crippen LogP contribution in [0, 0.1) is 0 Å². The van der Waals surface area contributed by atoms with Gasteiger partial charge >= 0.3 is 0 Å². The molecule has 0 unspecified atom stereocenters. The Balaban J connectivity index is 2.68. The van der Waals surface area contributed by atoms with Crippen LogP contribution >= 0.6 is 15.9 Å². The molecule has 5 heteroatoms. The van der Waals surface area contributed by atoms with E-state index in [1.54, 1.807) is 18.2 Å². The van der Waals surface area contributed by atoms with E-state index in [9.17, 15) is 8.42 Å². The van der Waals surface area contributed by atoms with Gasteiger partial charge in [-0.1, -0.05) is 19.1 Å². The minimum absolute atomic E-state index is 0.183. The summed E-state index contributed by atoms with van der Waals surface area (Å²) in [5.41, 5.74) is 0. The van der Waals surface area contributed by atoms with E-state index in [1.807, 2.05) is 13.0 Å². The fourth-order valence-corrected chi connectivity index (χ4v) is 3.79. The highest BCUT2D eigenvalue weighted by Gasteiger charge is 2.16. The lowest BCUT2D eigenvalue weighted by Gasteiger charge is -2.06. The first kappa shape index (κ1) is 13.7. The van der Waals surface area contributed by atoms with Crippen LogP contribution in [-0.2, 0) is 9.84 Å². The number of benzene rings is 1. The fourth-order valence-electron chi connectivity index (χ4n) is 1.37. The van der Waals surface area contributed by atoms with E-state index in [4.69, 9.17) is 0 Å². The second-order valence-corrected chi connectivity index (χ2v) is 6.39. The van der Waals surface area contributed by atoms with Gasteiger partial charge in [0.2, 0.25) is 0 Å². The summed E-state index contributed by atoms with van der Waals surface area (Å²) in [7, 11) is -3.16. The Labute approximate surface area is 105 Å². The first-order valence-corrected chi connectivity index (χ1v) is 7.70.